The van der Waals surface area contributed by atoms with Crippen molar-refractivity contribution < 1.29 is 47.7 Å². The van der Waals surface area contributed by atoms with E-state index in [0.717, 1.165) is 19.3 Å². The van der Waals surface area contributed by atoms with E-state index >= 15 is 0 Å². The molecule has 2 aliphatic heterocycles. The van der Waals surface area contributed by atoms with Crippen LogP contribution >= 0.6 is 0 Å². The van der Waals surface area contributed by atoms with Crippen LogP contribution in [0.2, 0.25) is 36.3 Å². The van der Waals surface area contributed by atoms with Crippen LogP contribution in [0.15, 0.2) is 12.2 Å². The molecule has 3 fully saturated rings. The molecule has 0 aromatic heterocycles. The predicted molar refractivity (Wildman–Crippen MR) is 228 cm³/mol. The highest BCUT2D eigenvalue weighted by atomic mass is 28.4. The Morgan fingerprint density at radius 1 is 0.930 bits per heavy atom. The van der Waals surface area contributed by atoms with Gasteiger partial charge in [0.2, 0.25) is 11.7 Å². The van der Waals surface area contributed by atoms with Gasteiger partial charge in [0.15, 0.2) is 16.6 Å². The fraction of sp³-hybridized carbons (Fsp3) is 0.860. The fourth-order valence-corrected chi connectivity index (χ4v) is 10.9. The molecule has 1 aliphatic carbocycles. The summed E-state index contributed by atoms with van der Waals surface area (Å²) >= 11 is 0. The fourth-order valence-electron chi connectivity index (χ4n) is 8.07. The minimum absolute atomic E-state index is 0.0165. The van der Waals surface area contributed by atoms with Crippen LogP contribution < -0.4 is 5.32 Å². The second-order valence-corrected chi connectivity index (χ2v) is 30.1. The van der Waals surface area contributed by atoms with Crippen LogP contribution in [0.3, 0.4) is 0 Å². The van der Waals surface area contributed by atoms with E-state index in [9.17, 15) is 29.4 Å². The number of amides is 2. The van der Waals surface area contributed by atoms with E-state index in [-0.39, 0.29) is 41.2 Å². The van der Waals surface area contributed by atoms with Gasteiger partial charge >= 0.3 is 5.97 Å². The second-order valence-electron chi connectivity index (χ2n) is 20.6. The van der Waals surface area contributed by atoms with E-state index in [2.05, 4.69) is 45.8 Å². The molecule has 2 heterocycles. The predicted octanol–water partition coefficient (Wildman–Crippen LogP) is 7.60. The first-order valence-corrected chi connectivity index (χ1v) is 27.2. The number of carboxylic acids is 1. The molecule has 0 bridgehead atoms. The molecule has 2 unspecified atom stereocenters. The number of methoxy groups -OCH3 is 1. The number of hydrogen-bond acceptors (Lipinski definition) is 9. The van der Waals surface area contributed by atoms with Gasteiger partial charge in [-0.15, -0.1) is 0 Å². The molecule has 3 aliphatic rings. The third-order valence-electron chi connectivity index (χ3n) is 14.0. The van der Waals surface area contributed by atoms with Crippen LogP contribution in [0.5, 0.6) is 0 Å². The normalized spacial score (nSPS) is 29.6. The maximum atomic E-state index is 14.8. The van der Waals surface area contributed by atoms with Crippen molar-refractivity contribution in [3.63, 3.8) is 0 Å². The van der Waals surface area contributed by atoms with Crippen molar-refractivity contribution >= 4 is 40.2 Å². The van der Waals surface area contributed by atoms with E-state index in [4.69, 9.17) is 18.3 Å². The van der Waals surface area contributed by atoms with E-state index in [1.165, 1.54) is 4.90 Å². The number of aliphatic hydroxyl groups excluding tert-OH is 1. The standard InChI is InChI=1S/C43H78N2O10Si2/c1-27(2)33(46)26-31-21-19-29(4)43(53-31,55-57(14,15)42(8,9)10)37(47)39(49)45-23-17-16-18-32(45)38(48)44-36(40(50)51)28(3)24-30-20-22-34(35(25-30)52-11)54-56(12,13)41(5,6)7/h28-36,46H,1,16-26H2,2-15H3,(H,44,48)(H,50,51)/t28-,29-,30+,31+,32+,33+,34?,35-,36-,43?/m1/s1. The van der Waals surface area contributed by atoms with Crippen LogP contribution in [0.25, 0.3) is 0 Å². The van der Waals surface area contributed by atoms with Gasteiger partial charge in [-0.2, -0.15) is 0 Å². The number of ether oxygens (including phenoxy) is 2. The summed E-state index contributed by atoms with van der Waals surface area (Å²) in [5, 5.41) is 23.6. The maximum Gasteiger partial charge on any atom is 0.326 e. The van der Waals surface area contributed by atoms with E-state index < -0.39 is 82.1 Å². The average Bonchev–Trinajstić information content (AvgIpc) is 3.10. The SMILES string of the molecule is C=C(C)[C@@H](O)C[C@@H]1CC[C@@H](C)C(O[Si](C)(C)C(C)(C)C)(C(=O)C(=O)N2CCCC[C@H]2C(=O)N[C@@H](C(=O)O)[C@H](C)C[C@@H]2CCC(O[Si](C)(C)C(C)(C)C)[C@H](OC)C2)O1. The highest BCUT2D eigenvalue weighted by Crippen LogP contribution is 2.46. The van der Waals surface area contributed by atoms with Crippen molar-refractivity contribution in [2.75, 3.05) is 13.7 Å². The minimum Gasteiger partial charge on any atom is -0.480 e. The highest BCUT2D eigenvalue weighted by molar-refractivity contribution is 6.74. The summed E-state index contributed by atoms with van der Waals surface area (Å²) in [4.78, 5) is 57.5. The third-order valence-corrected chi connectivity index (χ3v) is 22.9. The smallest absolute Gasteiger partial charge is 0.326 e. The van der Waals surface area contributed by atoms with Crippen molar-refractivity contribution in [3.05, 3.63) is 12.2 Å². The van der Waals surface area contributed by atoms with E-state index in [1.807, 2.05) is 47.7 Å². The maximum absolute atomic E-state index is 14.8. The Kier molecular flexibility index (Phi) is 16.6. The van der Waals surface area contributed by atoms with Crippen LogP contribution in [0.1, 0.15) is 127 Å². The first-order valence-electron chi connectivity index (χ1n) is 21.4. The summed E-state index contributed by atoms with van der Waals surface area (Å²) in [5.74, 6) is -6.09. The quantitative estimate of drug-likeness (QED) is 0.0803. The summed E-state index contributed by atoms with van der Waals surface area (Å²) in [6, 6.07) is -2.22. The number of rotatable bonds is 16. The number of piperidine rings is 1. The second kappa shape index (κ2) is 19.2. The molecule has 328 valence electrons. The van der Waals surface area contributed by atoms with Crippen LogP contribution in [-0.2, 0) is 37.5 Å². The number of carbonyl (C=O) groups excluding carboxylic acids is 3. The zero-order valence-electron chi connectivity index (χ0n) is 37.8. The number of ketones is 1. The molecule has 2 saturated heterocycles. The van der Waals surface area contributed by atoms with Crippen molar-refractivity contribution in [2.45, 2.75) is 205 Å². The van der Waals surface area contributed by atoms with Crippen molar-refractivity contribution in [1.82, 2.24) is 10.2 Å². The lowest BCUT2D eigenvalue weighted by atomic mass is 9.79. The van der Waals surface area contributed by atoms with Gasteiger partial charge in [0.25, 0.3) is 11.7 Å². The molecule has 0 spiro atoms. The number of carbonyl (C=O) groups is 4. The Labute approximate surface area is 345 Å². The van der Waals surface area contributed by atoms with Gasteiger partial charge in [0, 0.05) is 26.0 Å². The van der Waals surface area contributed by atoms with E-state index in [0.29, 0.717) is 44.1 Å². The summed E-state index contributed by atoms with van der Waals surface area (Å²) in [6.07, 6.45) is 4.27. The lowest BCUT2D eigenvalue weighted by Gasteiger charge is -2.50. The number of aliphatic carboxylic acids is 1. The summed E-state index contributed by atoms with van der Waals surface area (Å²) in [5.41, 5.74) is 0.574. The van der Waals surface area contributed by atoms with Crippen LogP contribution in [-0.4, -0.2) is 111 Å². The monoisotopic (exact) mass is 839 g/mol. The molecule has 0 aromatic carbocycles. The lowest BCUT2D eigenvalue weighted by Crippen LogP contribution is -2.66. The summed E-state index contributed by atoms with van der Waals surface area (Å²) in [6.45, 7) is 30.7. The van der Waals surface area contributed by atoms with E-state index in [1.54, 1.807) is 14.0 Å². The van der Waals surface area contributed by atoms with Gasteiger partial charge in [-0.3, -0.25) is 14.4 Å². The van der Waals surface area contributed by atoms with Gasteiger partial charge < -0.3 is 38.8 Å². The molecule has 10 atom stereocenters. The first-order chi connectivity index (χ1) is 26.1. The van der Waals surface area contributed by atoms with Crippen LogP contribution in [0.4, 0.5) is 0 Å². The van der Waals surface area contributed by atoms with Gasteiger partial charge in [0.1, 0.15) is 12.1 Å². The Morgan fingerprint density at radius 2 is 1.54 bits per heavy atom. The van der Waals surface area contributed by atoms with Crippen molar-refractivity contribution in [2.24, 2.45) is 17.8 Å². The third kappa shape index (κ3) is 11.9. The van der Waals surface area contributed by atoms with Gasteiger partial charge in [-0.25, -0.2) is 4.79 Å². The van der Waals surface area contributed by atoms with Gasteiger partial charge in [-0.1, -0.05) is 67.5 Å². The Balaban J connectivity index is 1.83. The zero-order chi connectivity index (χ0) is 43.5. The zero-order valence-corrected chi connectivity index (χ0v) is 39.8. The highest BCUT2D eigenvalue weighted by Gasteiger charge is 2.59. The lowest BCUT2D eigenvalue weighted by molar-refractivity contribution is -0.257. The molecule has 0 aromatic rings. The number of aliphatic hydroxyl groups is 1. The van der Waals surface area contributed by atoms with Crippen molar-refractivity contribution in [1.29, 1.82) is 0 Å². The molecule has 1 saturated carbocycles. The van der Waals surface area contributed by atoms with Crippen molar-refractivity contribution in [3.8, 4) is 0 Å². The Bertz CT molecular complexity index is 1440. The molecule has 2 amide bonds. The van der Waals surface area contributed by atoms with Gasteiger partial charge in [0.05, 0.1) is 24.4 Å². The molecular weight excluding hydrogens is 761 g/mol. The number of hydrogen-bond donors (Lipinski definition) is 3. The van der Waals surface area contributed by atoms with Gasteiger partial charge in [-0.05, 0) is 113 Å². The van der Waals surface area contributed by atoms with Crippen LogP contribution in [0, 0.1) is 17.8 Å². The summed E-state index contributed by atoms with van der Waals surface area (Å²) in [7, 11) is -3.06. The summed E-state index contributed by atoms with van der Waals surface area (Å²) < 4.78 is 26.1. The number of carboxylic acid groups (broad SMARTS) is 1. The molecule has 3 rings (SSSR count). The molecule has 57 heavy (non-hydrogen) atoms. The Morgan fingerprint density at radius 3 is 2.09 bits per heavy atom. The number of nitrogens with one attached hydrogen (secondary N) is 1. The Hall–Kier alpha value is -1.95. The molecular formula is C43H78N2O10Si2. The molecule has 14 heteroatoms. The molecule has 3 N–H and O–H groups in total. The average molecular weight is 839 g/mol. The first kappa shape index (κ1) is 49.4. The molecule has 12 nitrogen and oxygen atoms in total. The number of likely N-dealkylation sites (tertiary alicyclic amines) is 1. The topological polar surface area (TPSA) is 161 Å². The number of Topliss-reactive ketones (excluding diaryl/α,β-unsaturated/α-hetero) is 1. The molecule has 0 radical (unpaired) electrons. The number of nitrogens with zero attached hydrogens (tertiary/aromatic N) is 1. The minimum atomic E-state index is -2.74. The largest absolute Gasteiger partial charge is 0.480 e.